The van der Waals surface area contributed by atoms with Crippen LogP contribution in [0.3, 0.4) is 0 Å². The molecule has 3 heteroatoms. The van der Waals surface area contributed by atoms with E-state index in [0.717, 1.165) is 35.9 Å². The van der Waals surface area contributed by atoms with Crippen molar-refractivity contribution >= 4 is 22.8 Å². The average Bonchev–Trinajstić information content (AvgIpc) is 3.01. The molecule has 1 amide bonds. The second kappa shape index (κ2) is 6.50. The van der Waals surface area contributed by atoms with Gasteiger partial charge in [0.2, 0.25) is 0 Å². The van der Waals surface area contributed by atoms with Crippen molar-refractivity contribution in [3.05, 3.63) is 64.9 Å². The second-order valence-electron chi connectivity index (χ2n) is 5.81. The lowest BCUT2D eigenvalue weighted by Crippen LogP contribution is -2.23. The fourth-order valence-corrected chi connectivity index (χ4v) is 2.85. The van der Waals surface area contributed by atoms with E-state index in [-0.39, 0.29) is 5.91 Å². The van der Waals surface area contributed by atoms with Gasteiger partial charge in [-0.05, 0) is 54.7 Å². The average molecular weight is 302 g/mol. The molecule has 0 bridgehead atoms. The summed E-state index contributed by atoms with van der Waals surface area (Å²) < 4.78 is 0. The smallest absolute Gasteiger partial charge is 0.251 e. The first-order valence-corrected chi connectivity index (χ1v) is 7.78. The molecule has 2 aromatic rings. The van der Waals surface area contributed by atoms with Crippen LogP contribution in [0.1, 0.15) is 31.7 Å². The van der Waals surface area contributed by atoms with Gasteiger partial charge in [0.25, 0.3) is 5.91 Å². The monoisotopic (exact) mass is 302 g/mol. The maximum absolute atomic E-state index is 12.3. The van der Waals surface area contributed by atoms with E-state index in [2.05, 4.69) is 35.7 Å². The Balaban J connectivity index is 1.80. The number of carbonyl (C=O) groups excluding carboxylic acids is 1. The number of hydrogen-bond acceptors (Lipinski definition) is 2. The standard InChI is InChI=1S/C20H18N2O/c1-14(20(23)22-19-8-4-7-18(19)13-21)11-15-9-10-16-5-2-3-6-17(16)12-15/h2-3,5-6,9-12H,4,7-8H2,1H3,(H,22,23). The Bertz CT molecular complexity index is 869. The Hall–Kier alpha value is -2.86. The van der Waals surface area contributed by atoms with Crippen molar-refractivity contribution in [3.63, 3.8) is 0 Å². The van der Waals surface area contributed by atoms with E-state index in [0.29, 0.717) is 11.1 Å². The summed E-state index contributed by atoms with van der Waals surface area (Å²) in [6.45, 7) is 1.80. The van der Waals surface area contributed by atoms with Gasteiger partial charge >= 0.3 is 0 Å². The number of carbonyl (C=O) groups is 1. The number of nitrogens with zero attached hydrogens (tertiary/aromatic N) is 1. The number of fused-ring (bicyclic) bond motifs is 1. The summed E-state index contributed by atoms with van der Waals surface area (Å²) in [6, 6.07) is 16.5. The van der Waals surface area contributed by atoms with E-state index in [1.807, 2.05) is 24.3 Å². The van der Waals surface area contributed by atoms with Crippen LogP contribution in [0.25, 0.3) is 16.8 Å². The Morgan fingerprint density at radius 2 is 1.96 bits per heavy atom. The summed E-state index contributed by atoms with van der Waals surface area (Å²) in [5.74, 6) is -0.136. The predicted molar refractivity (Wildman–Crippen MR) is 92.2 cm³/mol. The van der Waals surface area contributed by atoms with E-state index in [9.17, 15) is 4.79 Å². The quantitative estimate of drug-likeness (QED) is 0.858. The predicted octanol–water partition coefficient (Wildman–Crippen LogP) is 4.32. The molecule has 0 saturated heterocycles. The molecule has 2 aromatic carbocycles. The Labute approximate surface area is 135 Å². The summed E-state index contributed by atoms with van der Waals surface area (Å²) in [5.41, 5.74) is 3.12. The molecule has 0 fully saturated rings. The molecule has 3 rings (SSSR count). The van der Waals surface area contributed by atoms with Gasteiger partial charge < -0.3 is 5.32 Å². The van der Waals surface area contributed by atoms with Crippen LogP contribution in [0.2, 0.25) is 0 Å². The maximum atomic E-state index is 12.3. The maximum Gasteiger partial charge on any atom is 0.251 e. The lowest BCUT2D eigenvalue weighted by Gasteiger charge is -2.07. The van der Waals surface area contributed by atoms with Crippen LogP contribution in [-0.4, -0.2) is 5.91 Å². The Kier molecular flexibility index (Phi) is 4.25. The van der Waals surface area contributed by atoms with Gasteiger partial charge in [0.15, 0.2) is 0 Å². The molecular formula is C20H18N2O. The highest BCUT2D eigenvalue weighted by Crippen LogP contribution is 2.23. The van der Waals surface area contributed by atoms with Gasteiger partial charge in [-0.15, -0.1) is 0 Å². The largest absolute Gasteiger partial charge is 0.325 e. The molecule has 1 aliphatic carbocycles. The van der Waals surface area contributed by atoms with Gasteiger partial charge in [-0.2, -0.15) is 5.26 Å². The summed E-state index contributed by atoms with van der Waals surface area (Å²) in [7, 11) is 0. The van der Waals surface area contributed by atoms with E-state index in [1.165, 1.54) is 5.39 Å². The van der Waals surface area contributed by atoms with E-state index in [1.54, 1.807) is 6.92 Å². The van der Waals surface area contributed by atoms with Gasteiger partial charge in [-0.25, -0.2) is 0 Å². The normalized spacial score (nSPS) is 14.9. The van der Waals surface area contributed by atoms with Crippen molar-refractivity contribution < 1.29 is 4.79 Å². The minimum Gasteiger partial charge on any atom is -0.325 e. The lowest BCUT2D eigenvalue weighted by atomic mass is 10.1. The van der Waals surface area contributed by atoms with Crippen molar-refractivity contribution in [2.45, 2.75) is 26.2 Å². The van der Waals surface area contributed by atoms with E-state index in [4.69, 9.17) is 5.26 Å². The molecule has 0 unspecified atom stereocenters. The third-order valence-electron chi connectivity index (χ3n) is 4.13. The highest BCUT2D eigenvalue weighted by molar-refractivity contribution is 5.99. The molecule has 0 heterocycles. The van der Waals surface area contributed by atoms with Crippen LogP contribution in [-0.2, 0) is 4.79 Å². The highest BCUT2D eigenvalue weighted by Gasteiger charge is 2.16. The van der Waals surface area contributed by atoms with Crippen molar-refractivity contribution in [2.75, 3.05) is 0 Å². The molecule has 3 nitrogen and oxygen atoms in total. The van der Waals surface area contributed by atoms with E-state index >= 15 is 0 Å². The number of allylic oxidation sites excluding steroid dienone is 2. The minimum atomic E-state index is -0.136. The molecule has 1 aliphatic rings. The topological polar surface area (TPSA) is 52.9 Å². The summed E-state index contributed by atoms with van der Waals surface area (Å²) in [6.07, 6.45) is 4.35. The molecule has 0 aliphatic heterocycles. The first-order valence-electron chi connectivity index (χ1n) is 7.78. The molecule has 23 heavy (non-hydrogen) atoms. The van der Waals surface area contributed by atoms with Crippen LogP contribution in [0.5, 0.6) is 0 Å². The summed E-state index contributed by atoms with van der Waals surface area (Å²) in [5, 5.41) is 14.3. The molecule has 0 atom stereocenters. The molecule has 0 saturated carbocycles. The van der Waals surface area contributed by atoms with Crippen molar-refractivity contribution in [1.29, 1.82) is 5.26 Å². The molecular weight excluding hydrogens is 284 g/mol. The van der Waals surface area contributed by atoms with Gasteiger partial charge in [-0.3, -0.25) is 4.79 Å². The fraction of sp³-hybridized carbons (Fsp3) is 0.200. The second-order valence-corrected chi connectivity index (χ2v) is 5.81. The molecule has 0 spiro atoms. The summed E-state index contributed by atoms with van der Waals surface area (Å²) >= 11 is 0. The number of nitrogens with one attached hydrogen (secondary N) is 1. The number of hydrogen-bond donors (Lipinski definition) is 1. The molecule has 0 radical (unpaired) electrons. The van der Waals surface area contributed by atoms with Gasteiger partial charge in [0, 0.05) is 16.8 Å². The van der Waals surface area contributed by atoms with Gasteiger partial charge in [0.1, 0.15) is 0 Å². The molecule has 114 valence electrons. The number of benzene rings is 2. The molecule has 1 N–H and O–H groups in total. The SMILES string of the molecule is CC(=Cc1ccc2ccccc2c1)C(=O)NC1=C(C#N)CCC1. The van der Waals surface area contributed by atoms with E-state index < -0.39 is 0 Å². The molecule has 0 aromatic heterocycles. The van der Waals surface area contributed by atoms with Crippen molar-refractivity contribution in [3.8, 4) is 6.07 Å². The van der Waals surface area contributed by atoms with Crippen molar-refractivity contribution in [1.82, 2.24) is 5.32 Å². The van der Waals surface area contributed by atoms with Crippen LogP contribution in [0, 0.1) is 11.3 Å². The Morgan fingerprint density at radius 1 is 1.17 bits per heavy atom. The fourth-order valence-electron chi connectivity index (χ4n) is 2.85. The van der Waals surface area contributed by atoms with Gasteiger partial charge in [-0.1, -0.05) is 36.4 Å². The number of amides is 1. The zero-order chi connectivity index (χ0) is 16.2. The van der Waals surface area contributed by atoms with Crippen molar-refractivity contribution in [2.24, 2.45) is 0 Å². The van der Waals surface area contributed by atoms with Crippen LogP contribution >= 0.6 is 0 Å². The van der Waals surface area contributed by atoms with Crippen LogP contribution in [0.4, 0.5) is 0 Å². The third-order valence-corrected chi connectivity index (χ3v) is 4.13. The zero-order valence-electron chi connectivity index (χ0n) is 13.1. The lowest BCUT2D eigenvalue weighted by molar-refractivity contribution is -0.116. The minimum absolute atomic E-state index is 0.136. The van der Waals surface area contributed by atoms with Crippen LogP contribution < -0.4 is 5.32 Å². The zero-order valence-corrected chi connectivity index (χ0v) is 13.1. The first kappa shape index (κ1) is 15.1. The van der Waals surface area contributed by atoms with Crippen LogP contribution in [0.15, 0.2) is 59.3 Å². The Morgan fingerprint density at radius 3 is 2.74 bits per heavy atom. The number of nitriles is 1. The first-order chi connectivity index (χ1) is 11.2. The summed E-state index contributed by atoms with van der Waals surface area (Å²) in [4.78, 5) is 12.3. The highest BCUT2D eigenvalue weighted by atomic mass is 16.1. The third kappa shape index (κ3) is 3.32. The number of rotatable bonds is 3. The van der Waals surface area contributed by atoms with Gasteiger partial charge in [0.05, 0.1) is 6.07 Å².